The molecule has 2 N–H and O–H groups in total. The number of nitrogens with zero attached hydrogens (tertiary/aromatic N) is 4. The van der Waals surface area contributed by atoms with Crippen molar-refractivity contribution in [3.63, 3.8) is 0 Å². The summed E-state index contributed by atoms with van der Waals surface area (Å²) in [6.45, 7) is 3.53. The normalized spacial score (nSPS) is 10.8. The number of imidazole rings is 1. The van der Waals surface area contributed by atoms with Crippen LogP contribution in [-0.2, 0) is 16.1 Å². The van der Waals surface area contributed by atoms with Crippen molar-refractivity contribution in [2.24, 2.45) is 0 Å². The SMILES string of the molecule is C#CCCCn1c(Sc2cccc(OCCCCCC(=O)OCC)c2)nc2c(N)ncnc21. The van der Waals surface area contributed by atoms with E-state index in [0.29, 0.717) is 49.6 Å². The molecule has 3 rings (SSSR count). The van der Waals surface area contributed by atoms with Gasteiger partial charge in [0.05, 0.1) is 13.2 Å². The van der Waals surface area contributed by atoms with Gasteiger partial charge in [0.15, 0.2) is 22.1 Å². The highest BCUT2D eigenvalue weighted by Gasteiger charge is 2.16. The Morgan fingerprint density at radius 2 is 2.12 bits per heavy atom. The standard InChI is InChI=1S/C24H29N5O3S/c1-3-5-8-14-29-23-21(22(25)26-17-27-23)28-24(29)33-19-12-10-11-18(16-19)32-15-9-6-7-13-20(30)31-4-2/h1,10-12,16-17H,4-9,13-15H2,2H3,(H2,25,26,27). The number of rotatable bonds is 13. The van der Waals surface area contributed by atoms with E-state index in [1.807, 2.05) is 35.8 Å². The first-order valence-corrected chi connectivity index (χ1v) is 11.9. The average Bonchev–Trinajstić information content (AvgIpc) is 3.15. The monoisotopic (exact) mass is 467 g/mol. The van der Waals surface area contributed by atoms with E-state index in [1.54, 1.807) is 0 Å². The van der Waals surface area contributed by atoms with Crippen LogP contribution in [0.4, 0.5) is 5.82 Å². The van der Waals surface area contributed by atoms with Gasteiger partial charge in [0, 0.05) is 24.3 Å². The topological polar surface area (TPSA) is 105 Å². The van der Waals surface area contributed by atoms with Gasteiger partial charge in [-0.2, -0.15) is 0 Å². The molecule has 174 valence electrons. The summed E-state index contributed by atoms with van der Waals surface area (Å²) in [5, 5.41) is 0.783. The molecule has 0 aliphatic heterocycles. The van der Waals surface area contributed by atoms with Crippen molar-refractivity contribution >= 4 is 34.7 Å². The minimum Gasteiger partial charge on any atom is -0.494 e. The number of unbranched alkanes of at least 4 members (excludes halogenated alkanes) is 3. The summed E-state index contributed by atoms with van der Waals surface area (Å²) in [5.74, 6) is 3.68. The maximum Gasteiger partial charge on any atom is 0.305 e. The van der Waals surface area contributed by atoms with Gasteiger partial charge in [-0.1, -0.05) is 17.8 Å². The summed E-state index contributed by atoms with van der Waals surface area (Å²) in [7, 11) is 0. The zero-order valence-corrected chi connectivity index (χ0v) is 19.6. The van der Waals surface area contributed by atoms with Crippen LogP contribution in [-0.4, -0.2) is 38.7 Å². The smallest absolute Gasteiger partial charge is 0.305 e. The van der Waals surface area contributed by atoms with E-state index in [9.17, 15) is 4.79 Å². The lowest BCUT2D eigenvalue weighted by molar-refractivity contribution is -0.143. The lowest BCUT2D eigenvalue weighted by atomic mass is 10.2. The third kappa shape index (κ3) is 7.12. The largest absolute Gasteiger partial charge is 0.494 e. The fraction of sp³-hybridized carbons (Fsp3) is 0.417. The molecule has 2 heterocycles. The lowest BCUT2D eigenvalue weighted by Gasteiger charge is -2.09. The van der Waals surface area contributed by atoms with Crippen LogP contribution in [0.3, 0.4) is 0 Å². The van der Waals surface area contributed by atoms with Crippen LogP contribution in [0.25, 0.3) is 11.2 Å². The van der Waals surface area contributed by atoms with Gasteiger partial charge in [0.25, 0.3) is 0 Å². The summed E-state index contributed by atoms with van der Waals surface area (Å²) < 4.78 is 12.9. The van der Waals surface area contributed by atoms with Gasteiger partial charge in [-0.15, -0.1) is 12.3 Å². The first-order valence-electron chi connectivity index (χ1n) is 11.1. The highest BCUT2D eigenvalue weighted by Crippen LogP contribution is 2.32. The number of fused-ring (bicyclic) bond motifs is 1. The van der Waals surface area contributed by atoms with Crippen molar-refractivity contribution in [2.45, 2.75) is 62.0 Å². The van der Waals surface area contributed by atoms with Crippen LogP contribution in [0.1, 0.15) is 45.4 Å². The summed E-state index contributed by atoms with van der Waals surface area (Å²) >= 11 is 1.52. The Hall–Kier alpha value is -3.25. The van der Waals surface area contributed by atoms with Crippen LogP contribution in [0.15, 0.2) is 40.6 Å². The maximum absolute atomic E-state index is 11.4. The fourth-order valence-electron chi connectivity index (χ4n) is 3.26. The predicted molar refractivity (Wildman–Crippen MR) is 129 cm³/mol. The molecular weight excluding hydrogens is 438 g/mol. The molecule has 2 aromatic heterocycles. The Morgan fingerprint density at radius 3 is 2.94 bits per heavy atom. The maximum atomic E-state index is 11.4. The van der Waals surface area contributed by atoms with Crippen molar-refractivity contribution < 1.29 is 14.3 Å². The molecule has 3 aromatic rings. The Bertz CT molecular complexity index is 1110. The van der Waals surface area contributed by atoms with Crippen molar-refractivity contribution in [2.75, 3.05) is 18.9 Å². The zero-order chi connectivity index (χ0) is 23.5. The second-order valence-electron chi connectivity index (χ2n) is 7.33. The van der Waals surface area contributed by atoms with Gasteiger partial charge < -0.3 is 19.8 Å². The third-order valence-electron chi connectivity index (χ3n) is 4.84. The number of hydrogen-bond acceptors (Lipinski definition) is 8. The van der Waals surface area contributed by atoms with E-state index >= 15 is 0 Å². The fourth-order valence-corrected chi connectivity index (χ4v) is 4.21. The van der Waals surface area contributed by atoms with E-state index in [-0.39, 0.29) is 5.97 Å². The molecule has 0 unspecified atom stereocenters. The molecule has 0 fully saturated rings. The molecule has 9 heteroatoms. The number of anilines is 1. The molecule has 0 radical (unpaired) electrons. The van der Waals surface area contributed by atoms with E-state index in [1.165, 1.54) is 18.1 Å². The number of nitrogen functional groups attached to an aromatic ring is 1. The number of hydrogen-bond donors (Lipinski definition) is 1. The van der Waals surface area contributed by atoms with Crippen molar-refractivity contribution in [1.82, 2.24) is 19.5 Å². The number of carbonyl (C=O) groups excluding carboxylic acids is 1. The van der Waals surface area contributed by atoms with Crippen molar-refractivity contribution in [3.05, 3.63) is 30.6 Å². The Balaban J connectivity index is 1.60. The Morgan fingerprint density at radius 1 is 1.24 bits per heavy atom. The first-order chi connectivity index (χ1) is 16.1. The van der Waals surface area contributed by atoms with Crippen LogP contribution in [0.2, 0.25) is 0 Å². The molecule has 8 nitrogen and oxygen atoms in total. The number of ether oxygens (including phenoxy) is 2. The second kappa shape index (κ2) is 12.7. The van der Waals surface area contributed by atoms with E-state index in [4.69, 9.17) is 21.6 Å². The number of aromatic nitrogens is 4. The summed E-state index contributed by atoms with van der Waals surface area (Å²) in [6.07, 6.45) is 11.4. The highest BCUT2D eigenvalue weighted by atomic mass is 32.2. The van der Waals surface area contributed by atoms with Gasteiger partial charge in [0.2, 0.25) is 0 Å². The van der Waals surface area contributed by atoms with E-state index in [0.717, 1.165) is 41.5 Å². The van der Waals surface area contributed by atoms with Gasteiger partial charge in [-0.3, -0.25) is 4.79 Å². The molecule has 0 saturated carbocycles. The quantitative estimate of drug-likeness (QED) is 0.223. The Kier molecular flexibility index (Phi) is 9.39. The number of esters is 1. The van der Waals surface area contributed by atoms with Crippen molar-refractivity contribution in [1.29, 1.82) is 0 Å². The zero-order valence-electron chi connectivity index (χ0n) is 18.8. The minimum atomic E-state index is -0.138. The summed E-state index contributed by atoms with van der Waals surface area (Å²) in [4.78, 5) is 25.5. The highest BCUT2D eigenvalue weighted by molar-refractivity contribution is 7.99. The van der Waals surface area contributed by atoms with Gasteiger partial charge >= 0.3 is 5.97 Å². The molecule has 0 bridgehead atoms. The Labute approximate surface area is 198 Å². The van der Waals surface area contributed by atoms with Crippen LogP contribution in [0.5, 0.6) is 5.75 Å². The summed E-state index contributed by atoms with van der Waals surface area (Å²) in [5.41, 5.74) is 7.32. The second-order valence-corrected chi connectivity index (χ2v) is 8.37. The number of aryl methyl sites for hydroxylation is 1. The van der Waals surface area contributed by atoms with E-state index in [2.05, 4.69) is 20.9 Å². The average molecular weight is 468 g/mol. The number of benzene rings is 1. The molecule has 0 atom stereocenters. The van der Waals surface area contributed by atoms with Gasteiger partial charge in [0.1, 0.15) is 12.1 Å². The number of nitrogens with two attached hydrogens (primary N) is 1. The van der Waals surface area contributed by atoms with Crippen LogP contribution >= 0.6 is 11.8 Å². The molecule has 33 heavy (non-hydrogen) atoms. The third-order valence-corrected chi connectivity index (χ3v) is 5.83. The van der Waals surface area contributed by atoms with Gasteiger partial charge in [-0.25, -0.2) is 15.0 Å². The van der Waals surface area contributed by atoms with Crippen molar-refractivity contribution in [3.8, 4) is 18.1 Å². The van der Waals surface area contributed by atoms with Crippen LogP contribution in [0, 0.1) is 12.3 Å². The molecule has 0 saturated heterocycles. The molecule has 0 aliphatic rings. The van der Waals surface area contributed by atoms with E-state index < -0.39 is 0 Å². The van der Waals surface area contributed by atoms with Gasteiger partial charge in [-0.05, 0) is 50.8 Å². The number of carbonyl (C=O) groups is 1. The number of terminal acetylenes is 1. The molecule has 0 aliphatic carbocycles. The first kappa shape index (κ1) is 24.4. The minimum absolute atomic E-state index is 0.138. The lowest BCUT2D eigenvalue weighted by Crippen LogP contribution is -2.04. The predicted octanol–water partition coefficient (Wildman–Crippen LogP) is 4.48. The molecule has 0 spiro atoms. The molecule has 1 aromatic carbocycles. The van der Waals surface area contributed by atoms with Crippen LogP contribution < -0.4 is 10.5 Å². The molecule has 0 amide bonds. The summed E-state index contributed by atoms with van der Waals surface area (Å²) in [6, 6.07) is 7.89. The molecular formula is C24H29N5O3S.